The van der Waals surface area contributed by atoms with E-state index in [1.807, 2.05) is 0 Å². The van der Waals surface area contributed by atoms with E-state index < -0.39 is 12.7 Å². The zero-order valence-corrected chi connectivity index (χ0v) is 9.71. The van der Waals surface area contributed by atoms with E-state index in [0.29, 0.717) is 11.6 Å². The molecule has 3 rings (SSSR count). The normalized spacial score (nSPS) is 28.8. The number of nitrogens with one attached hydrogen (secondary N) is 1. The number of fused-ring (bicyclic) bond motifs is 1. The van der Waals surface area contributed by atoms with Gasteiger partial charge in [-0.05, 0) is 25.7 Å². The second kappa shape index (κ2) is 3.27. The molecule has 2 aliphatic carbocycles. The first-order valence-corrected chi connectivity index (χ1v) is 5.73. The van der Waals surface area contributed by atoms with Crippen molar-refractivity contribution < 1.29 is 18.0 Å². The number of rotatable bonds is 3. The van der Waals surface area contributed by atoms with Crippen molar-refractivity contribution in [2.24, 2.45) is 11.3 Å². The third-order valence-electron chi connectivity index (χ3n) is 3.69. The van der Waals surface area contributed by atoms with Crippen molar-refractivity contribution in [3.63, 3.8) is 0 Å². The number of hydrogen-bond donors (Lipinski definition) is 1. The van der Waals surface area contributed by atoms with Crippen LogP contribution in [0.2, 0.25) is 0 Å². The molecule has 1 heterocycles. The van der Waals surface area contributed by atoms with Crippen molar-refractivity contribution in [2.45, 2.75) is 32.5 Å². The number of nitrogens with zero attached hydrogens (tertiary/aromatic N) is 2. The van der Waals surface area contributed by atoms with E-state index in [2.05, 4.69) is 10.4 Å². The predicted octanol–water partition coefficient (Wildman–Crippen LogP) is 2.10. The molecule has 98 valence electrons. The Morgan fingerprint density at radius 3 is 2.72 bits per heavy atom. The molecule has 1 aromatic heterocycles. The second-order valence-electron chi connectivity index (χ2n) is 5.16. The molecule has 2 saturated carbocycles. The number of carbonyl (C=O) groups is 1. The molecule has 0 aliphatic heterocycles. The predicted molar refractivity (Wildman–Crippen MR) is 56.8 cm³/mol. The summed E-state index contributed by atoms with van der Waals surface area (Å²) in [6.07, 6.45) is -2.50. The molecule has 1 amide bonds. The van der Waals surface area contributed by atoms with E-state index in [4.69, 9.17) is 0 Å². The van der Waals surface area contributed by atoms with Crippen LogP contribution in [0.1, 0.15) is 18.5 Å². The highest BCUT2D eigenvalue weighted by Gasteiger charge is 2.74. The van der Waals surface area contributed by atoms with Crippen LogP contribution in [-0.2, 0) is 11.3 Å². The maximum atomic E-state index is 12.3. The first kappa shape index (κ1) is 11.6. The minimum Gasteiger partial charge on any atom is -0.309 e. The summed E-state index contributed by atoms with van der Waals surface area (Å²) in [6.45, 7) is 0.395. The number of halogens is 3. The lowest BCUT2D eigenvalue weighted by atomic mass is 10.2. The molecule has 0 atom stereocenters. The van der Waals surface area contributed by atoms with Gasteiger partial charge < -0.3 is 5.32 Å². The lowest BCUT2D eigenvalue weighted by Crippen LogP contribution is -2.21. The van der Waals surface area contributed by atoms with Crippen LogP contribution in [0.25, 0.3) is 0 Å². The third-order valence-corrected chi connectivity index (χ3v) is 3.69. The van der Waals surface area contributed by atoms with E-state index >= 15 is 0 Å². The maximum absolute atomic E-state index is 12.3. The topological polar surface area (TPSA) is 46.9 Å². The average molecular weight is 259 g/mol. The molecule has 2 aliphatic rings. The monoisotopic (exact) mass is 259 g/mol. The number of carbonyl (C=O) groups excluding carboxylic acids is 1. The first-order valence-electron chi connectivity index (χ1n) is 5.73. The van der Waals surface area contributed by atoms with Crippen molar-refractivity contribution in [1.29, 1.82) is 0 Å². The lowest BCUT2D eigenvalue weighted by Gasteiger charge is -2.07. The number of amides is 1. The Balaban J connectivity index is 1.69. The van der Waals surface area contributed by atoms with Gasteiger partial charge in [-0.15, -0.1) is 0 Å². The largest absolute Gasteiger partial charge is 0.408 e. The van der Waals surface area contributed by atoms with Gasteiger partial charge in [-0.2, -0.15) is 18.3 Å². The Kier molecular flexibility index (Phi) is 2.10. The molecule has 0 spiro atoms. The van der Waals surface area contributed by atoms with Crippen LogP contribution in [0.3, 0.4) is 0 Å². The van der Waals surface area contributed by atoms with E-state index in [-0.39, 0.29) is 17.1 Å². The summed E-state index contributed by atoms with van der Waals surface area (Å²) in [5.74, 6) is 0.591. The van der Waals surface area contributed by atoms with Gasteiger partial charge >= 0.3 is 6.18 Å². The smallest absolute Gasteiger partial charge is 0.309 e. The first-order chi connectivity index (χ1) is 8.30. The van der Waals surface area contributed by atoms with Gasteiger partial charge in [0.15, 0.2) is 5.82 Å². The Morgan fingerprint density at radius 2 is 2.22 bits per heavy atom. The van der Waals surface area contributed by atoms with Crippen LogP contribution in [0.15, 0.2) is 6.07 Å². The second-order valence-corrected chi connectivity index (χ2v) is 5.16. The molecule has 2 fully saturated rings. The van der Waals surface area contributed by atoms with E-state index in [0.717, 1.165) is 17.5 Å². The number of alkyl halides is 3. The van der Waals surface area contributed by atoms with E-state index in [9.17, 15) is 18.0 Å². The van der Waals surface area contributed by atoms with Gasteiger partial charge in [-0.25, -0.2) is 0 Å². The number of aryl methyl sites for hydroxylation is 1. The molecule has 0 radical (unpaired) electrons. The van der Waals surface area contributed by atoms with Gasteiger partial charge in [-0.3, -0.25) is 9.48 Å². The van der Waals surface area contributed by atoms with E-state index in [1.54, 1.807) is 0 Å². The van der Waals surface area contributed by atoms with Gasteiger partial charge in [-0.1, -0.05) is 0 Å². The zero-order chi connectivity index (χ0) is 13.1. The summed E-state index contributed by atoms with van der Waals surface area (Å²) in [6, 6.07) is 1.46. The number of hydrogen-bond acceptors (Lipinski definition) is 2. The van der Waals surface area contributed by atoms with Crippen LogP contribution in [-0.4, -0.2) is 21.9 Å². The lowest BCUT2D eigenvalue weighted by molar-refractivity contribution is -0.142. The Labute approximate surface area is 101 Å². The van der Waals surface area contributed by atoms with Crippen LogP contribution >= 0.6 is 0 Å². The SMILES string of the molecule is Cc1cc(NC(=O)C23CC2C3)nn1CC(F)(F)F. The summed E-state index contributed by atoms with van der Waals surface area (Å²) in [4.78, 5) is 11.8. The molecule has 0 bridgehead atoms. The van der Waals surface area contributed by atoms with Gasteiger partial charge in [0.25, 0.3) is 0 Å². The summed E-state index contributed by atoms with van der Waals surface area (Å²) >= 11 is 0. The fourth-order valence-corrected chi connectivity index (χ4v) is 2.21. The fraction of sp³-hybridized carbons (Fsp3) is 0.636. The maximum Gasteiger partial charge on any atom is 0.408 e. The molecule has 1 N–H and O–H groups in total. The zero-order valence-electron chi connectivity index (χ0n) is 9.71. The highest BCUT2D eigenvalue weighted by molar-refractivity contribution is 5.99. The minimum atomic E-state index is -4.31. The Bertz CT molecular complexity index is 514. The molecular weight excluding hydrogens is 247 g/mol. The van der Waals surface area contributed by atoms with Crippen LogP contribution in [0, 0.1) is 18.3 Å². The fourth-order valence-electron chi connectivity index (χ4n) is 2.21. The van der Waals surface area contributed by atoms with Gasteiger partial charge in [0.1, 0.15) is 6.54 Å². The Hall–Kier alpha value is -1.53. The molecule has 0 saturated heterocycles. The minimum absolute atomic E-state index is 0.107. The Morgan fingerprint density at radius 1 is 1.61 bits per heavy atom. The van der Waals surface area contributed by atoms with Crippen LogP contribution < -0.4 is 5.32 Å². The molecule has 4 nitrogen and oxygen atoms in total. The standard InChI is InChI=1S/C11H12F3N3O/c1-6-2-8(16-17(6)5-11(12,13)14)15-9(18)10-3-7(10)4-10/h2,7H,3-5H2,1H3,(H,15,16,18). The molecule has 1 aromatic rings. The summed E-state index contributed by atoms with van der Waals surface area (Å²) < 4.78 is 37.6. The van der Waals surface area contributed by atoms with Gasteiger partial charge in [0.05, 0.1) is 5.41 Å². The molecule has 7 heteroatoms. The summed E-state index contributed by atoms with van der Waals surface area (Å²) in [5, 5.41) is 6.35. The summed E-state index contributed by atoms with van der Waals surface area (Å²) in [7, 11) is 0. The van der Waals surface area contributed by atoms with Crippen LogP contribution in [0.5, 0.6) is 0 Å². The van der Waals surface area contributed by atoms with Crippen molar-refractivity contribution in [2.75, 3.05) is 5.32 Å². The van der Waals surface area contributed by atoms with Gasteiger partial charge in [0.2, 0.25) is 5.91 Å². The van der Waals surface area contributed by atoms with Crippen molar-refractivity contribution in [3.05, 3.63) is 11.8 Å². The quantitative estimate of drug-likeness (QED) is 0.903. The van der Waals surface area contributed by atoms with Crippen molar-refractivity contribution >= 4 is 11.7 Å². The van der Waals surface area contributed by atoms with Gasteiger partial charge in [0, 0.05) is 11.8 Å². The average Bonchev–Trinajstić information content (AvgIpc) is 2.98. The third kappa shape index (κ3) is 1.87. The van der Waals surface area contributed by atoms with E-state index in [1.165, 1.54) is 13.0 Å². The molecule has 0 aromatic carbocycles. The number of aromatic nitrogens is 2. The van der Waals surface area contributed by atoms with Crippen LogP contribution in [0.4, 0.5) is 19.0 Å². The summed E-state index contributed by atoms with van der Waals surface area (Å²) in [5.41, 5.74) is 0.171. The van der Waals surface area contributed by atoms with Crippen molar-refractivity contribution in [3.8, 4) is 0 Å². The molecule has 18 heavy (non-hydrogen) atoms. The van der Waals surface area contributed by atoms with Crippen molar-refractivity contribution in [1.82, 2.24) is 9.78 Å². The highest BCUT2D eigenvalue weighted by Crippen LogP contribution is 2.75. The highest BCUT2D eigenvalue weighted by atomic mass is 19.4. The molecular formula is C11H12F3N3O. The number of anilines is 1. The molecule has 0 unspecified atom stereocenters.